The van der Waals surface area contributed by atoms with Crippen LogP contribution < -0.4 is 0 Å². The first-order valence-electron chi connectivity index (χ1n) is 8.06. The molecule has 7 nitrogen and oxygen atoms in total. The second kappa shape index (κ2) is 6.61. The van der Waals surface area contributed by atoms with Crippen LogP contribution in [0.1, 0.15) is 30.1 Å². The quantitative estimate of drug-likeness (QED) is 0.643. The van der Waals surface area contributed by atoms with Crippen molar-refractivity contribution in [3.63, 3.8) is 0 Å². The molecular formula is C17H20N2O5S. The number of nitrogens with one attached hydrogen (secondary N) is 1. The molecule has 1 fully saturated rings. The summed E-state index contributed by atoms with van der Waals surface area (Å²) in [7, 11) is -3.48. The van der Waals surface area contributed by atoms with E-state index < -0.39 is 28.1 Å². The number of ether oxygens (including phenoxy) is 1. The predicted molar refractivity (Wildman–Crippen MR) is 92.8 cm³/mol. The molecule has 1 saturated heterocycles. The molecule has 0 bridgehead atoms. The lowest BCUT2D eigenvalue weighted by Gasteiger charge is -2.22. The molecule has 1 aromatic heterocycles. The van der Waals surface area contributed by atoms with Crippen molar-refractivity contribution in [3.05, 3.63) is 36.0 Å². The van der Waals surface area contributed by atoms with E-state index in [0.717, 1.165) is 21.5 Å². The molecule has 8 heteroatoms. The van der Waals surface area contributed by atoms with Crippen LogP contribution in [-0.4, -0.2) is 54.4 Å². The van der Waals surface area contributed by atoms with E-state index in [2.05, 4.69) is 4.98 Å². The van der Waals surface area contributed by atoms with E-state index in [4.69, 9.17) is 4.74 Å². The monoisotopic (exact) mass is 364 g/mol. The van der Waals surface area contributed by atoms with Gasteiger partial charge in [-0.05, 0) is 25.8 Å². The van der Waals surface area contributed by atoms with Crippen molar-refractivity contribution in [2.45, 2.75) is 31.9 Å². The fraction of sp³-hybridized carbons (Fsp3) is 0.412. The second-order valence-electron chi connectivity index (χ2n) is 6.22. The number of hydrogen-bond acceptors (Lipinski definition) is 5. The summed E-state index contributed by atoms with van der Waals surface area (Å²) in [6.07, 6.45) is 2.67. The van der Waals surface area contributed by atoms with Gasteiger partial charge in [-0.3, -0.25) is 9.59 Å². The van der Waals surface area contributed by atoms with Gasteiger partial charge in [-0.2, -0.15) is 4.31 Å². The summed E-state index contributed by atoms with van der Waals surface area (Å²) in [5, 5.41) is 0.758. The number of aromatic nitrogens is 1. The number of fused-ring (bicyclic) bond motifs is 1. The van der Waals surface area contributed by atoms with Crippen molar-refractivity contribution in [3.8, 4) is 0 Å². The molecule has 134 valence electrons. The van der Waals surface area contributed by atoms with Crippen molar-refractivity contribution in [1.29, 1.82) is 0 Å². The molecule has 1 aromatic carbocycles. The Balaban J connectivity index is 1.74. The maximum Gasteiger partial charge on any atom is 0.325 e. The van der Waals surface area contributed by atoms with E-state index in [0.29, 0.717) is 24.9 Å². The smallest absolute Gasteiger partial charge is 0.325 e. The first-order valence-corrected chi connectivity index (χ1v) is 9.91. The maximum atomic E-state index is 12.6. The van der Waals surface area contributed by atoms with Gasteiger partial charge in [-0.1, -0.05) is 18.2 Å². The van der Waals surface area contributed by atoms with E-state index in [-0.39, 0.29) is 5.78 Å². The third-order valence-electron chi connectivity index (χ3n) is 4.42. The van der Waals surface area contributed by atoms with Crippen LogP contribution in [0.4, 0.5) is 0 Å². The zero-order valence-electron chi connectivity index (χ0n) is 14.1. The Kier molecular flexibility index (Phi) is 4.66. The predicted octanol–water partition coefficient (Wildman–Crippen LogP) is 1.71. The average molecular weight is 364 g/mol. The molecular weight excluding hydrogens is 344 g/mol. The molecule has 25 heavy (non-hydrogen) atoms. The van der Waals surface area contributed by atoms with Crippen LogP contribution in [0.25, 0.3) is 10.9 Å². The number of carbonyl (C=O) groups excluding carboxylic acids is 2. The number of sulfonamides is 1. The number of benzene rings is 1. The Morgan fingerprint density at radius 1 is 1.32 bits per heavy atom. The van der Waals surface area contributed by atoms with Crippen LogP contribution in [0.5, 0.6) is 0 Å². The molecule has 1 aliphatic rings. The topological polar surface area (TPSA) is 96.5 Å². The van der Waals surface area contributed by atoms with Gasteiger partial charge in [0.2, 0.25) is 15.8 Å². The Bertz CT molecular complexity index is 918. The third-order valence-corrected chi connectivity index (χ3v) is 5.71. The third kappa shape index (κ3) is 3.45. The number of nitrogens with zero attached hydrogens (tertiary/aromatic N) is 1. The minimum atomic E-state index is -3.48. The fourth-order valence-electron chi connectivity index (χ4n) is 3.17. The lowest BCUT2D eigenvalue weighted by atomic mass is 10.1. The average Bonchev–Trinajstić information content (AvgIpc) is 3.20. The normalized spacial score (nSPS) is 19.8. The number of H-pyrrole nitrogens is 1. The summed E-state index contributed by atoms with van der Waals surface area (Å²) >= 11 is 0. The Hall–Kier alpha value is -2.19. The van der Waals surface area contributed by atoms with Crippen molar-refractivity contribution in [2.24, 2.45) is 0 Å². The number of para-hydroxylation sites is 1. The Labute approximate surface area is 146 Å². The van der Waals surface area contributed by atoms with Gasteiger partial charge >= 0.3 is 5.97 Å². The number of rotatable bonds is 5. The fourth-order valence-corrected chi connectivity index (χ4v) is 4.29. The van der Waals surface area contributed by atoms with Crippen LogP contribution in [0.2, 0.25) is 0 Å². The standard InChI is InChI=1S/C17H20N2O5S/c1-11(16(20)13-10-18-14-7-4-3-6-12(13)14)24-17(21)15-8-5-9-19(15)25(2,22)23/h3-4,6-7,10-11,15,18H,5,8-9H2,1-2H3. The maximum absolute atomic E-state index is 12.6. The highest BCUT2D eigenvalue weighted by molar-refractivity contribution is 7.88. The van der Waals surface area contributed by atoms with E-state index >= 15 is 0 Å². The molecule has 0 saturated carbocycles. The highest BCUT2D eigenvalue weighted by Gasteiger charge is 2.38. The lowest BCUT2D eigenvalue weighted by Crippen LogP contribution is -2.42. The van der Waals surface area contributed by atoms with Gasteiger partial charge in [-0.25, -0.2) is 8.42 Å². The highest BCUT2D eigenvalue weighted by atomic mass is 32.2. The van der Waals surface area contributed by atoms with Gasteiger partial charge in [-0.15, -0.1) is 0 Å². The van der Waals surface area contributed by atoms with Crippen molar-refractivity contribution >= 4 is 32.7 Å². The van der Waals surface area contributed by atoms with E-state index in [9.17, 15) is 18.0 Å². The van der Waals surface area contributed by atoms with Crippen molar-refractivity contribution < 1.29 is 22.7 Å². The van der Waals surface area contributed by atoms with Crippen LogP contribution in [0.15, 0.2) is 30.5 Å². The van der Waals surface area contributed by atoms with Gasteiger partial charge < -0.3 is 9.72 Å². The largest absolute Gasteiger partial charge is 0.453 e. The van der Waals surface area contributed by atoms with Crippen molar-refractivity contribution in [1.82, 2.24) is 9.29 Å². The molecule has 0 radical (unpaired) electrons. The van der Waals surface area contributed by atoms with Gasteiger partial charge in [0.1, 0.15) is 6.04 Å². The molecule has 3 rings (SSSR count). The molecule has 1 N–H and O–H groups in total. The number of hydrogen-bond donors (Lipinski definition) is 1. The molecule has 2 heterocycles. The first-order chi connectivity index (χ1) is 11.8. The number of carbonyl (C=O) groups is 2. The molecule has 2 unspecified atom stereocenters. The summed E-state index contributed by atoms with van der Waals surface area (Å²) in [6.45, 7) is 1.80. The van der Waals surface area contributed by atoms with Gasteiger partial charge in [0.15, 0.2) is 6.10 Å². The molecule has 0 amide bonds. The zero-order chi connectivity index (χ0) is 18.2. The summed E-state index contributed by atoms with van der Waals surface area (Å²) < 4.78 is 29.9. The van der Waals surface area contributed by atoms with Gasteiger partial charge in [0.25, 0.3) is 0 Å². The Morgan fingerprint density at radius 2 is 2.04 bits per heavy atom. The summed E-state index contributed by atoms with van der Waals surface area (Å²) in [6, 6.07) is 6.50. The molecule has 2 atom stereocenters. The van der Waals surface area contributed by atoms with Gasteiger partial charge in [0.05, 0.1) is 6.26 Å². The molecule has 0 spiro atoms. The van der Waals surface area contributed by atoms with E-state index in [1.165, 1.54) is 6.92 Å². The molecule has 0 aliphatic carbocycles. The Morgan fingerprint density at radius 3 is 2.76 bits per heavy atom. The second-order valence-corrected chi connectivity index (χ2v) is 8.16. The van der Waals surface area contributed by atoms with Crippen LogP contribution in [0.3, 0.4) is 0 Å². The van der Waals surface area contributed by atoms with Crippen LogP contribution >= 0.6 is 0 Å². The van der Waals surface area contributed by atoms with Crippen LogP contribution in [0, 0.1) is 0 Å². The minimum absolute atomic E-state index is 0.295. The SMILES string of the molecule is CC(OC(=O)C1CCCN1S(C)(=O)=O)C(=O)c1c[nH]c2ccccc12. The molecule has 1 aliphatic heterocycles. The number of Topliss-reactive ketones (excluding diaryl/α,β-unsaturated/α-hetero) is 1. The highest BCUT2D eigenvalue weighted by Crippen LogP contribution is 2.23. The number of aromatic amines is 1. The van der Waals surface area contributed by atoms with Gasteiger partial charge in [0, 0.05) is 29.2 Å². The van der Waals surface area contributed by atoms with E-state index in [1.807, 2.05) is 24.3 Å². The van der Waals surface area contributed by atoms with Crippen molar-refractivity contribution in [2.75, 3.05) is 12.8 Å². The summed E-state index contributed by atoms with van der Waals surface area (Å²) in [5.41, 5.74) is 1.27. The summed E-state index contributed by atoms with van der Waals surface area (Å²) in [5.74, 6) is -1.00. The number of ketones is 1. The minimum Gasteiger partial charge on any atom is -0.453 e. The molecule has 2 aromatic rings. The lowest BCUT2D eigenvalue weighted by molar-refractivity contribution is -0.150. The number of esters is 1. The zero-order valence-corrected chi connectivity index (χ0v) is 14.9. The van der Waals surface area contributed by atoms with Crippen LogP contribution in [-0.2, 0) is 19.6 Å². The first kappa shape index (κ1) is 17.6. The summed E-state index contributed by atoms with van der Waals surface area (Å²) in [4.78, 5) is 28.0. The van der Waals surface area contributed by atoms with E-state index in [1.54, 1.807) is 6.20 Å².